The number of ether oxygens (including phenoxy) is 1. The van der Waals surface area contributed by atoms with Crippen LogP contribution in [-0.4, -0.2) is 25.5 Å². The Morgan fingerprint density at radius 1 is 1.13 bits per heavy atom. The summed E-state index contributed by atoms with van der Waals surface area (Å²) in [5.74, 6) is -0.546. The van der Waals surface area contributed by atoms with Gasteiger partial charge in [0, 0.05) is 18.7 Å². The normalized spacial score (nSPS) is 10.0. The van der Waals surface area contributed by atoms with Crippen molar-refractivity contribution in [2.45, 2.75) is 6.42 Å². The van der Waals surface area contributed by atoms with Crippen LogP contribution in [0.4, 0.5) is 11.4 Å². The zero-order valence-electron chi connectivity index (χ0n) is 12.6. The number of nitrogens with one attached hydrogen (secondary N) is 2. The quantitative estimate of drug-likeness (QED) is 0.794. The van der Waals surface area contributed by atoms with E-state index in [1.54, 1.807) is 18.2 Å². The van der Waals surface area contributed by atoms with Crippen LogP contribution < -0.4 is 10.6 Å². The van der Waals surface area contributed by atoms with Crippen molar-refractivity contribution in [3.05, 3.63) is 59.1 Å². The molecule has 0 fully saturated rings. The summed E-state index contributed by atoms with van der Waals surface area (Å²) in [7, 11) is 1.32. The number of halogens is 1. The first kappa shape index (κ1) is 16.8. The zero-order valence-corrected chi connectivity index (χ0v) is 13.4. The average molecular weight is 333 g/mol. The second-order valence-corrected chi connectivity index (χ2v) is 5.18. The van der Waals surface area contributed by atoms with Crippen LogP contribution in [0.5, 0.6) is 0 Å². The number of hydrogen-bond acceptors (Lipinski definition) is 4. The lowest BCUT2D eigenvalue weighted by atomic mass is 10.2. The third-order valence-corrected chi connectivity index (χ3v) is 3.44. The zero-order chi connectivity index (χ0) is 16.7. The summed E-state index contributed by atoms with van der Waals surface area (Å²) >= 11 is 6.07. The molecule has 0 radical (unpaired) electrons. The van der Waals surface area contributed by atoms with Gasteiger partial charge >= 0.3 is 5.97 Å². The number of amides is 1. The van der Waals surface area contributed by atoms with Gasteiger partial charge < -0.3 is 15.4 Å². The topological polar surface area (TPSA) is 67.4 Å². The minimum absolute atomic E-state index is 0.107. The number of rotatable bonds is 6. The van der Waals surface area contributed by atoms with E-state index in [9.17, 15) is 9.59 Å². The molecule has 0 unspecified atom stereocenters. The predicted octanol–water partition coefficient (Wildman–Crippen LogP) is 3.57. The van der Waals surface area contributed by atoms with Crippen LogP contribution in [0.1, 0.15) is 16.8 Å². The van der Waals surface area contributed by atoms with Crippen LogP contribution in [0.15, 0.2) is 48.5 Å². The SMILES string of the molecule is COC(=O)c1ccc(Cl)c(NCCC(=O)Nc2ccccc2)c1. The Labute approximate surface area is 139 Å². The summed E-state index contributed by atoms with van der Waals surface area (Å²) in [5.41, 5.74) is 1.73. The van der Waals surface area contributed by atoms with E-state index < -0.39 is 5.97 Å². The fourth-order valence-corrected chi connectivity index (χ4v) is 2.15. The van der Waals surface area contributed by atoms with Gasteiger partial charge in [-0.2, -0.15) is 0 Å². The molecule has 2 aromatic carbocycles. The molecule has 0 spiro atoms. The Balaban J connectivity index is 1.88. The Morgan fingerprint density at radius 3 is 2.57 bits per heavy atom. The molecule has 1 amide bonds. The summed E-state index contributed by atoms with van der Waals surface area (Å²) in [5, 5.41) is 6.32. The summed E-state index contributed by atoms with van der Waals surface area (Å²) < 4.78 is 4.67. The maximum absolute atomic E-state index is 11.9. The van der Waals surface area contributed by atoms with Gasteiger partial charge in [-0.3, -0.25) is 4.79 Å². The molecule has 2 N–H and O–H groups in total. The fraction of sp³-hybridized carbons (Fsp3) is 0.176. The summed E-state index contributed by atoms with van der Waals surface area (Å²) in [6.45, 7) is 0.392. The maximum atomic E-state index is 11.9. The van der Waals surface area contributed by atoms with Gasteiger partial charge in [-0.1, -0.05) is 29.8 Å². The fourth-order valence-electron chi connectivity index (χ4n) is 1.96. The van der Waals surface area contributed by atoms with Crippen LogP contribution >= 0.6 is 11.6 Å². The number of methoxy groups -OCH3 is 1. The average Bonchev–Trinajstić information content (AvgIpc) is 2.56. The van der Waals surface area contributed by atoms with Gasteiger partial charge in [0.25, 0.3) is 0 Å². The first-order valence-corrected chi connectivity index (χ1v) is 7.44. The Morgan fingerprint density at radius 2 is 1.87 bits per heavy atom. The number of para-hydroxylation sites is 1. The molecule has 0 saturated carbocycles. The summed E-state index contributed by atoms with van der Waals surface area (Å²) in [4.78, 5) is 23.4. The molecule has 5 nitrogen and oxygen atoms in total. The second-order valence-electron chi connectivity index (χ2n) is 4.78. The standard InChI is InChI=1S/C17H17ClN2O3/c1-23-17(22)12-7-8-14(18)15(11-12)19-10-9-16(21)20-13-5-3-2-4-6-13/h2-8,11,19H,9-10H2,1H3,(H,20,21). The van der Waals surface area contributed by atoms with Gasteiger partial charge in [0.15, 0.2) is 0 Å². The molecule has 0 saturated heterocycles. The largest absolute Gasteiger partial charge is 0.465 e. The van der Waals surface area contributed by atoms with E-state index in [4.69, 9.17) is 11.6 Å². The molecule has 0 aromatic heterocycles. The van der Waals surface area contributed by atoms with Crippen LogP contribution in [0, 0.1) is 0 Å². The molecular formula is C17H17ClN2O3. The van der Waals surface area contributed by atoms with Crippen molar-refractivity contribution in [3.8, 4) is 0 Å². The van der Waals surface area contributed by atoms with E-state index >= 15 is 0 Å². The first-order valence-electron chi connectivity index (χ1n) is 7.07. The minimum atomic E-state index is -0.438. The molecule has 0 atom stereocenters. The third-order valence-electron chi connectivity index (χ3n) is 3.11. The first-order chi connectivity index (χ1) is 11.1. The van der Waals surface area contributed by atoms with Gasteiger partial charge in [-0.05, 0) is 30.3 Å². The minimum Gasteiger partial charge on any atom is -0.465 e. The highest BCUT2D eigenvalue weighted by Crippen LogP contribution is 2.23. The van der Waals surface area contributed by atoms with Crippen LogP contribution in [0.2, 0.25) is 5.02 Å². The lowest BCUT2D eigenvalue weighted by molar-refractivity contribution is -0.115. The Bertz CT molecular complexity index is 689. The molecule has 0 aliphatic rings. The molecule has 0 aliphatic carbocycles. The molecule has 0 aliphatic heterocycles. The van der Waals surface area contributed by atoms with Crippen molar-refractivity contribution < 1.29 is 14.3 Å². The summed E-state index contributed by atoms with van der Waals surface area (Å²) in [6, 6.07) is 14.0. The molecule has 120 valence electrons. The third kappa shape index (κ3) is 5.00. The lowest BCUT2D eigenvalue weighted by Crippen LogP contribution is -2.16. The van der Waals surface area contributed by atoms with E-state index in [1.165, 1.54) is 7.11 Å². The van der Waals surface area contributed by atoms with Crippen molar-refractivity contribution in [2.75, 3.05) is 24.3 Å². The van der Waals surface area contributed by atoms with E-state index in [1.807, 2.05) is 30.3 Å². The van der Waals surface area contributed by atoms with E-state index in [2.05, 4.69) is 15.4 Å². The highest BCUT2D eigenvalue weighted by atomic mass is 35.5. The van der Waals surface area contributed by atoms with E-state index in [-0.39, 0.29) is 12.3 Å². The lowest BCUT2D eigenvalue weighted by Gasteiger charge is -2.10. The van der Waals surface area contributed by atoms with Crippen LogP contribution in [-0.2, 0) is 9.53 Å². The van der Waals surface area contributed by atoms with Gasteiger partial charge in [-0.15, -0.1) is 0 Å². The van der Waals surface area contributed by atoms with Crippen LogP contribution in [0.3, 0.4) is 0 Å². The number of esters is 1. The van der Waals surface area contributed by atoms with Crippen molar-refractivity contribution in [1.82, 2.24) is 0 Å². The molecule has 6 heteroatoms. The smallest absolute Gasteiger partial charge is 0.337 e. The van der Waals surface area contributed by atoms with Gasteiger partial charge in [0.2, 0.25) is 5.91 Å². The highest BCUT2D eigenvalue weighted by molar-refractivity contribution is 6.33. The Hall–Kier alpha value is -2.53. The molecule has 0 heterocycles. The number of carbonyl (C=O) groups excluding carboxylic acids is 2. The van der Waals surface area contributed by atoms with Crippen LogP contribution in [0.25, 0.3) is 0 Å². The maximum Gasteiger partial charge on any atom is 0.337 e. The van der Waals surface area contributed by atoms with Crippen molar-refractivity contribution >= 4 is 34.9 Å². The second kappa shape index (κ2) is 8.19. The van der Waals surface area contributed by atoms with Gasteiger partial charge in [-0.25, -0.2) is 4.79 Å². The van der Waals surface area contributed by atoms with Crippen molar-refractivity contribution in [3.63, 3.8) is 0 Å². The molecule has 2 rings (SSSR count). The number of benzene rings is 2. The van der Waals surface area contributed by atoms with Crippen molar-refractivity contribution in [1.29, 1.82) is 0 Å². The number of hydrogen-bond donors (Lipinski definition) is 2. The molecule has 23 heavy (non-hydrogen) atoms. The monoisotopic (exact) mass is 332 g/mol. The van der Waals surface area contributed by atoms with Gasteiger partial charge in [0.05, 0.1) is 23.4 Å². The molecular weight excluding hydrogens is 316 g/mol. The highest BCUT2D eigenvalue weighted by Gasteiger charge is 2.09. The van der Waals surface area contributed by atoms with Gasteiger partial charge in [0.1, 0.15) is 0 Å². The number of anilines is 2. The predicted molar refractivity (Wildman–Crippen MR) is 91.0 cm³/mol. The van der Waals surface area contributed by atoms with E-state index in [0.29, 0.717) is 22.8 Å². The number of carbonyl (C=O) groups is 2. The van der Waals surface area contributed by atoms with E-state index in [0.717, 1.165) is 5.69 Å². The van der Waals surface area contributed by atoms with Crippen molar-refractivity contribution in [2.24, 2.45) is 0 Å². The Kier molecular flexibility index (Phi) is 6.00. The molecule has 2 aromatic rings. The summed E-state index contributed by atoms with van der Waals surface area (Å²) in [6.07, 6.45) is 0.272. The molecule has 0 bridgehead atoms.